The van der Waals surface area contributed by atoms with Gasteiger partial charge in [0.15, 0.2) is 0 Å². The standard InChI is InChI=1S/C10H13Cl2FN2O4/c11-1-6(16)3-14-5-8(13)9(18)15(10(14)19)4-7(17)2-12/h5-7,16-17H,1-4H2. The maximum absolute atomic E-state index is 13.4. The van der Waals surface area contributed by atoms with Crippen LogP contribution in [0.1, 0.15) is 0 Å². The van der Waals surface area contributed by atoms with Crippen molar-refractivity contribution in [3.05, 3.63) is 32.9 Å². The van der Waals surface area contributed by atoms with Crippen LogP contribution in [0.25, 0.3) is 0 Å². The first-order chi connectivity index (χ1) is 8.90. The van der Waals surface area contributed by atoms with Crippen LogP contribution < -0.4 is 11.2 Å². The van der Waals surface area contributed by atoms with Crippen LogP contribution >= 0.6 is 23.2 Å². The topological polar surface area (TPSA) is 84.5 Å². The summed E-state index contributed by atoms with van der Waals surface area (Å²) in [6, 6.07) is 0. The van der Waals surface area contributed by atoms with Gasteiger partial charge in [-0.25, -0.2) is 4.79 Å². The van der Waals surface area contributed by atoms with Crippen molar-refractivity contribution in [1.29, 1.82) is 0 Å². The van der Waals surface area contributed by atoms with Crippen molar-refractivity contribution in [2.24, 2.45) is 0 Å². The third-order valence-corrected chi connectivity index (χ3v) is 3.06. The summed E-state index contributed by atoms with van der Waals surface area (Å²) in [7, 11) is 0. The molecule has 0 radical (unpaired) electrons. The summed E-state index contributed by atoms with van der Waals surface area (Å²) in [5.74, 6) is -1.51. The number of aromatic nitrogens is 2. The van der Waals surface area contributed by atoms with E-state index in [1.165, 1.54) is 0 Å². The molecule has 0 aliphatic rings. The second-order valence-electron chi connectivity index (χ2n) is 3.94. The normalized spacial score (nSPS) is 14.4. The van der Waals surface area contributed by atoms with E-state index in [9.17, 15) is 24.2 Å². The minimum Gasteiger partial charge on any atom is -0.390 e. The number of alkyl halides is 2. The highest BCUT2D eigenvalue weighted by Gasteiger charge is 2.15. The van der Waals surface area contributed by atoms with Crippen LogP contribution in [0.15, 0.2) is 15.8 Å². The Bertz CT molecular complexity index is 545. The lowest BCUT2D eigenvalue weighted by atomic mass is 10.3. The van der Waals surface area contributed by atoms with Crippen molar-refractivity contribution in [3.8, 4) is 0 Å². The minimum absolute atomic E-state index is 0.141. The monoisotopic (exact) mass is 314 g/mol. The Hall–Kier alpha value is -0.890. The predicted molar refractivity (Wildman–Crippen MR) is 68.4 cm³/mol. The summed E-state index contributed by atoms with van der Waals surface area (Å²) in [5, 5.41) is 18.7. The zero-order valence-electron chi connectivity index (χ0n) is 9.80. The Morgan fingerprint density at radius 3 is 2.21 bits per heavy atom. The molecule has 0 spiro atoms. The van der Waals surface area contributed by atoms with Crippen LogP contribution in [0.5, 0.6) is 0 Å². The molecule has 0 aromatic carbocycles. The molecule has 0 saturated carbocycles. The molecule has 1 aromatic rings. The molecule has 2 atom stereocenters. The molecular formula is C10H13Cl2FN2O4. The lowest BCUT2D eigenvalue weighted by molar-refractivity contribution is 0.162. The van der Waals surface area contributed by atoms with Crippen LogP contribution in [0.3, 0.4) is 0 Å². The maximum atomic E-state index is 13.4. The Morgan fingerprint density at radius 1 is 1.16 bits per heavy atom. The molecule has 0 aliphatic carbocycles. The number of aliphatic hydroxyl groups excluding tert-OH is 2. The summed E-state index contributed by atoms with van der Waals surface area (Å²) < 4.78 is 14.8. The second-order valence-corrected chi connectivity index (χ2v) is 4.56. The van der Waals surface area contributed by atoms with E-state index in [0.717, 1.165) is 4.57 Å². The van der Waals surface area contributed by atoms with E-state index in [1.54, 1.807) is 0 Å². The summed E-state index contributed by atoms with van der Waals surface area (Å²) in [5.41, 5.74) is -1.99. The Balaban J connectivity index is 3.23. The van der Waals surface area contributed by atoms with Gasteiger partial charge in [0.25, 0.3) is 5.56 Å². The van der Waals surface area contributed by atoms with Crippen molar-refractivity contribution < 1.29 is 14.6 Å². The molecule has 0 aliphatic heterocycles. The summed E-state index contributed by atoms with van der Waals surface area (Å²) >= 11 is 10.8. The van der Waals surface area contributed by atoms with Crippen molar-refractivity contribution in [1.82, 2.24) is 9.13 Å². The lowest BCUT2D eigenvalue weighted by Gasteiger charge is -2.14. The van der Waals surface area contributed by atoms with Gasteiger partial charge in [-0.05, 0) is 0 Å². The first kappa shape index (κ1) is 16.2. The molecule has 1 rings (SSSR count). The molecular weight excluding hydrogens is 302 g/mol. The van der Waals surface area contributed by atoms with Crippen LogP contribution in [0, 0.1) is 5.82 Å². The molecule has 9 heteroatoms. The van der Waals surface area contributed by atoms with Gasteiger partial charge in [-0.15, -0.1) is 23.2 Å². The number of hydrogen-bond acceptors (Lipinski definition) is 4. The smallest absolute Gasteiger partial charge is 0.331 e. The quantitative estimate of drug-likeness (QED) is 0.683. The van der Waals surface area contributed by atoms with Gasteiger partial charge in [0.2, 0.25) is 5.82 Å². The maximum Gasteiger partial charge on any atom is 0.331 e. The van der Waals surface area contributed by atoms with E-state index >= 15 is 0 Å². The summed E-state index contributed by atoms with van der Waals surface area (Å²) in [6.45, 7) is -0.674. The van der Waals surface area contributed by atoms with Crippen LogP contribution in [-0.2, 0) is 13.1 Å². The first-order valence-corrected chi connectivity index (χ1v) is 6.45. The number of nitrogens with zero attached hydrogens (tertiary/aromatic N) is 2. The van der Waals surface area contributed by atoms with Gasteiger partial charge in [-0.2, -0.15) is 4.39 Å². The number of hydrogen-bond donors (Lipinski definition) is 2. The molecule has 2 N–H and O–H groups in total. The fourth-order valence-corrected chi connectivity index (χ4v) is 1.64. The predicted octanol–water partition coefficient (Wildman–Crippen LogP) is -0.652. The molecule has 108 valence electrons. The first-order valence-electron chi connectivity index (χ1n) is 5.38. The van der Waals surface area contributed by atoms with Gasteiger partial charge < -0.3 is 10.2 Å². The highest BCUT2D eigenvalue weighted by Crippen LogP contribution is 1.95. The summed E-state index contributed by atoms with van der Waals surface area (Å²) in [6.07, 6.45) is -1.51. The van der Waals surface area contributed by atoms with E-state index < -0.39 is 35.8 Å². The zero-order chi connectivity index (χ0) is 14.6. The molecule has 1 aromatic heterocycles. The molecule has 0 amide bonds. The number of aliphatic hydroxyl groups is 2. The van der Waals surface area contributed by atoms with Crippen LogP contribution in [-0.4, -0.2) is 43.3 Å². The molecule has 0 fully saturated rings. The zero-order valence-corrected chi connectivity index (χ0v) is 11.3. The number of halogens is 3. The third-order valence-electron chi connectivity index (χ3n) is 2.35. The third kappa shape index (κ3) is 4.04. The SMILES string of the molecule is O=c1c(F)cn(CC(O)CCl)c(=O)n1CC(O)CCl. The van der Waals surface area contributed by atoms with Gasteiger partial charge >= 0.3 is 5.69 Å². The van der Waals surface area contributed by atoms with Gasteiger partial charge in [0.05, 0.1) is 43.3 Å². The molecule has 1 heterocycles. The lowest BCUT2D eigenvalue weighted by Crippen LogP contribution is -2.45. The van der Waals surface area contributed by atoms with Gasteiger partial charge in [0.1, 0.15) is 0 Å². The van der Waals surface area contributed by atoms with Crippen LogP contribution in [0.2, 0.25) is 0 Å². The van der Waals surface area contributed by atoms with Gasteiger partial charge in [-0.1, -0.05) is 0 Å². The van der Waals surface area contributed by atoms with Crippen molar-refractivity contribution in [2.45, 2.75) is 25.3 Å². The fraction of sp³-hybridized carbons (Fsp3) is 0.600. The molecule has 0 bridgehead atoms. The average Bonchev–Trinajstić information content (AvgIpc) is 2.40. The van der Waals surface area contributed by atoms with E-state index in [2.05, 4.69) is 0 Å². The highest BCUT2D eigenvalue weighted by atomic mass is 35.5. The van der Waals surface area contributed by atoms with E-state index in [0.29, 0.717) is 10.8 Å². The average molecular weight is 315 g/mol. The van der Waals surface area contributed by atoms with Crippen molar-refractivity contribution >= 4 is 23.2 Å². The van der Waals surface area contributed by atoms with Crippen molar-refractivity contribution in [3.63, 3.8) is 0 Å². The molecule has 0 saturated heterocycles. The van der Waals surface area contributed by atoms with Crippen LogP contribution in [0.4, 0.5) is 4.39 Å². The fourth-order valence-electron chi connectivity index (χ4n) is 1.45. The molecule has 19 heavy (non-hydrogen) atoms. The van der Waals surface area contributed by atoms with Crippen molar-refractivity contribution in [2.75, 3.05) is 11.8 Å². The second kappa shape index (κ2) is 7.04. The largest absolute Gasteiger partial charge is 0.390 e. The van der Waals surface area contributed by atoms with E-state index in [-0.39, 0.29) is 18.3 Å². The summed E-state index contributed by atoms with van der Waals surface area (Å²) in [4.78, 5) is 23.4. The Kier molecular flexibility index (Phi) is 5.99. The van der Waals surface area contributed by atoms with Gasteiger partial charge in [-0.3, -0.25) is 13.9 Å². The van der Waals surface area contributed by atoms with Gasteiger partial charge in [0, 0.05) is 0 Å². The number of rotatable bonds is 6. The minimum atomic E-state index is -1.16. The van der Waals surface area contributed by atoms with E-state index in [4.69, 9.17) is 23.2 Å². The highest BCUT2D eigenvalue weighted by molar-refractivity contribution is 6.18. The Labute approximate surface area is 117 Å². The molecule has 2 unspecified atom stereocenters. The molecule has 6 nitrogen and oxygen atoms in total. The van der Waals surface area contributed by atoms with E-state index in [1.807, 2.05) is 0 Å². The Morgan fingerprint density at radius 2 is 1.68 bits per heavy atom.